The minimum Gasteiger partial charge on any atom is -0.349 e. The maximum absolute atomic E-state index is 13.4. The molecule has 10 heteroatoms. The highest BCUT2D eigenvalue weighted by Crippen LogP contribution is 2.39. The average Bonchev–Trinajstić information content (AvgIpc) is 3.07. The lowest BCUT2D eigenvalue weighted by Gasteiger charge is -2.34. The van der Waals surface area contributed by atoms with Crippen molar-refractivity contribution in [2.24, 2.45) is 11.8 Å². The molecule has 2 aliphatic rings. The second kappa shape index (κ2) is 8.94. The van der Waals surface area contributed by atoms with Crippen LogP contribution in [0.2, 0.25) is 0 Å². The third-order valence-electron chi connectivity index (χ3n) is 6.66. The number of nitrogens with zero attached hydrogens (tertiary/aromatic N) is 3. The van der Waals surface area contributed by atoms with E-state index in [4.69, 9.17) is 0 Å². The topological polar surface area (TPSA) is 59.3 Å². The number of carbonyl (C=O) groups is 1. The standard InChI is InChI=1S/C22H27F5N4O/c23-21(24)7-4-14(5-8-21)10-17-13-31-18(29-17)11-16(12-28-31)20(15-2-1-3-15)30-19(32)6-9-22(25,26)27/h11-15,20H,1-10H2,(H,30,32). The fourth-order valence-corrected chi connectivity index (χ4v) is 4.56. The van der Waals surface area contributed by atoms with Gasteiger partial charge in [0.1, 0.15) is 0 Å². The Hall–Kier alpha value is -2.26. The van der Waals surface area contributed by atoms with Crippen LogP contribution in [-0.4, -0.2) is 32.6 Å². The SMILES string of the molecule is O=C(CCC(F)(F)F)NC(c1cnn2cc(CC3CCC(F)(F)CC3)nc2c1)C1CCC1. The first-order valence-corrected chi connectivity index (χ1v) is 11.2. The first kappa shape index (κ1) is 22.9. The van der Waals surface area contributed by atoms with Gasteiger partial charge >= 0.3 is 6.18 Å². The van der Waals surface area contributed by atoms with E-state index in [0.29, 0.717) is 24.9 Å². The summed E-state index contributed by atoms with van der Waals surface area (Å²) in [5.41, 5.74) is 2.07. The van der Waals surface area contributed by atoms with Crippen molar-refractivity contribution in [3.05, 3.63) is 29.7 Å². The Morgan fingerprint density at radius 1 is 1.22 bits per heavy atom. The van der Waals surface area contributed by atoms with Crippen LogP contribution in [0.5, 0.6) is 0 Å². The van der Waals surface area contributed by atoms with Crippen molar-refractivity contribution >= 4 is 11.6 Å². The summed E-state index contributed by atoms with van der Waals surface area (Å²) in [5, 5.41) is 7.14. The van der Waals surface area contributed by atoms with Crippen LogP contribution in [-0.2, 0) is 11.2 Å². The van der Waals surface area contributed by atoms with E-state index in [9.17, 15) is 26.7 Å². The molecule has 2 aliphatic carbocycles. The van der Waals surface area contributed by atoms with E-state index in [1.165, 1.54) is 0 Å². The van der Waals surface area contributed by atoms with E-state index in [1.54, 1.807) is 23.0 Å². The van der Waals surface area contributed by atoms with Gasteiger partial charge in [0, 0.05) is 19.3 Å². The first-order valence-electron chi connectivity index (χ1n) is 11.2. The quantitative estimate of drug-likeness (QED) is 0.566. The molecule has 0 spiro atoms. The molecule has 1 amide bonds. The molecule has 2 saturated carbocycles. The van der Waals surface area contributed by atoms with Gasteiger partial charge in [0.15, 0.2) is 5.65 Å². The Labute approximate surface area is 182 Å². The molecule has 176 valence electrons. The molecule has 0 bridgehead atoms. The molecule has 1 unspecified atom stereocenters. The lowest BCUT2D eigenvalue weighted by molar-refractivity contribution is -0.144. The van der Waals surface area contributed by atoms with Crippen molar-refractivity contribution in [3.8, 4) is 0 Å². The maximum atomic E-state index is 13.4. The van der Waals surface area contributed by atoms with Crippen LogP contribution in [0.3, 0.4) is 0 Å². The van der Waals surface area contributed by atoms with Crippen molar-refractivity contribution in [3.63, 3.8) is 0 Å². The van der Waals surface area contributed by atoms with Crippen LogP contribution < -0.4 is 5.32 Å². The molecule has 32 heavy (non-hydrogen) atoms. The van der Waals surface area contributed by atoms with Crippen LogP contribution in [0.25, 0.3) is 5.65 Å². The molecule has 2 aromatic heterocycles. The average molecular weight is 458 g/mol. The van der Waals surface area contributed by atoms with Crippen LogP contribution in [0.4, 0.5) is 22.0 Å². The van der Waals surface area contributed by atoms with Crippen molar-refractivity contribution in [1.29, 1.82) is 0 Å². The highest BCUT2D eigenvalue weighted by atomic mass is 19.4. The van der Waals surface area contributed by atoms with Gasteiger partial charge < -0.3 is 5.32 Å². The number of amides is 1. The van der Waals surface area contributed by atoms with Gasteiger partial charge in [-0.05, 0) is 55.6 Å². The van der Waals surface area contributed by atoms with Crippen LogP contribution in [0, 0.1) is 11.8 Å². The van der Waals surface area contributed by atoms with Crippen LogP contribution in [0.15, 0.2) is 18.5 Å². The normalized spacial score (nSPS) is 20.8. The second-order valence-electron chi connectivity index (χ2n) is 9.18. The Morgan fingerprint density at radius 2 is 1.94 bits per heavy atom. The van der Waals surface area contributed by atoms with Gasteiger partial charge in [-0.1, -0.05) is 6.42 Å². The predicted octanol–water partition coefficient (Wildman–Crippen LogP) is 5.40. The number of aromatic nitrogens is 3. The highest BCUT2D eigenvalue weighted by molar-refractivity contribution is 5.76. The Kier molecular flexibility index (Phi) is 6.40. The molecule has 5 nitrogen and oxygen atoms in total. The largest absolute Gasteiger partial charge is 0.389 e. The number of rotatable bonds is 7. The van der Waals surface area contributed by atoms with Gasteiger partial charge in [-0.3, -0.25) is 4.79 Å². The summed E-state index contributed by atoms with van der Waals surface area (Å²) in [6, 6.07) is 1.40. The van der Waals surface area contributed by atoms with Crippen molar-refractivity contribution in [2.45, 2.75) is 82.3 Å². The summed E-state index contributed by atoms with van der Waals surface area (Å²) in [5.74, 6) is -2.87. The fourth-order valence-electron chi connectivity index (χ4n) is 4.56. The zero-order valence-corrected chi connectivity index (χ0v) is 17.7. The Bertz CT molecular complexity index is 943. The van der Waals surface area contributed by atoms with Crippen molar-refractivity contribution in [2.75, 3.05) is 0 Å². The molecule has 0 aliphatic heterocycles. The summed E-state index contributed by atoms with van der Waals surface area (Å²) in [7, 11) is 0. The van der Waals surface area contributed by atoms with E-state index in [1.807, 2.05) is 0 Å². The number of imidazole rings is 1. The molecule has 4 rings (SSSR count). The predicted molar refractivity (Wildman–Crippen MR) is 107 cm³/mol. The highest BCUT2D eigenvalue weighted by Gasteiger charge is 2.35. The van der Waals surface area contributed by atoms with E-state index >= 15 is 0 Å². The van der Waals surface area contributed by atoms with E-state index in [0.717, 1.165) is 30.5 Å². The molecule has 1 N–H and O–H groups in total. The summed E-state index contributed by atoms with van der Waals surface area (Å²) >= 11 is 0. The zero-order chi connectivity index (χ0) is 22.9. The number of alkyl halides is 5. The number of hydrogen-bond donors (Lipinski definition) is 1. The number of hydrogen-bond acceptors (Lipinski definition) is 3. The van der Waals surface area contributed by atoms with Gasteiger partial charge in [0.2, 0.25) is 11.8 Å². The van der Waals surface area contributed by atoms with Gasteiger partial charge in [-0.25, -0.2) is 18.3 Å². The van der Waals surface area contributed by atoms with Gasteiger partial charge in [0.05, 0.1) is 30.6 Å². The van der Waals surface area contributed by atoms with Crippen molar-refractivity contribution in [1.82, 2.24) is 19.9 Å². The minimum absolute atomic E-state index is 0.0927. The zero-order valence-electron chi connectivity index (χ0n) is 17.7. The number of nitrogens with one attached hydrogen (secondary N) is 1. The minimum atomic E-state index is -4.37. The maximum Gasteiger partial charge on any atom is 0.389 e. The van der Waals surface area contributed by atoms with Gasteiger partial charge in [-0.15, -0.1) is 0 Å². The molecule has 1 atom stereocenters. The smallest absolute Gasteiger partial charge is 0.349 e. The third kappa shape index (κ3) is 5.75. The molecule has 0 aromatic carbocycles. The number of carbonyl (C=O) groups excluding carboxylic acids is 1. The second-order valence-corrected chi connectivity index (χ2v) is 9.18. The first-order chi connectivity index (χ1) is 15.1. The third-order valence-corrected chi connectivity index (χ3v) is 6.66. The lowest BCUT2D eigenvalue weighted by atomic mass is 9.77. The van der Waals surface area contributed by atoms with E-state index in [-0.39, 0.29) is 24.7 Å². The molecule has 0 radical (unpaired) electrons. The summed E-state index contributed by atoms with van der Waals surface area (Å²) in [6.45, 7) is 0. The van der Waals surface area contributed by atoms with Gasteiger partial charge in [0.25, 0.3) is 0 Å². The van der Waals surface area contributed by atoms with Crippen LogP contribution >= 0.6 is 0 Å². The Morgan fingerprint density at radius 3 is 2.56 bits per heavy atom. The van der Waals surface area contributed by atoms with Crippen molar-refractivity contribution < 1.29 is 26.7 Å². The molecule has 0 saturated heterocycles. The van der Waals surface area contributed by atoms with E-state index in [2.05, 4.69) is 15.4 Å². The summed E-state index contributed by atoms with van der Waals surface area (Å²) in [6.07, 6.45) is 1.43. The molecular weight excluding hydrogens is 431 g/mol. The lowest BCUT2D eigenvalue weighted by Crippen LogP contribution is -2.36. The molecule has 2 fully saturated rings. The number of halogens is 5. The molecular formula is C22H27F5N4O. The van der Waals surface area contributed by atoms with E-state index < -0.39 is 36.9 Å². The fraction of sp³-hybridized carbons (Fsp3) is 0.682. The summed E-state index contributed by atoms with van der Waals surface area (Å²) in [4.78, 5) is 16.7. The van der Waals surface area contributed by atoms with Gasteiger partial charge in [-0.2, -0.15) is 18.3 Å². The molecule has 2 heterocycles. The summed E-state index contributed by atoms with van der Waals surface area (Å²) < 4.78 is 65.8. The van der Waals surface area contributed by atoms with Crippen LogP contribution in [0.1, 0.15) is 75.1 Å². The number of fused-ring (bicyclic) bond motifs is 1. The monoisotopic (exact) mass is 458 g/mol. The Balaban J connectivity index is 1.45. The molecule has 2 aromatic rings.